The fraction of sp³-hybridized carbons (Fsp3) is 0.419. The molecule has 2 aromatic carbocycles. The van der Waals surface area contributed by atoms with Crippen molar-refractivity contribution in [1.29, 1.82) is 0 Å². The molecule has 3 aromatic rings. The summed E-state index contributed by atoms with van der Waals surface area (Å²) in [5.74, 6) is -0.947. The number of phenols is 2. The van der Waals surface area contributed by atoms with Crippen LogP contribution in [0.25, 0.3) is 17.0 Å². The second-order valence-electron chi connectivity index (χ2n) is 11.2. The molecule has 0 aliphatic carbocycles. The predicted molar refractivity (Wildman–Crippen MR) is 155 cm³/mol. The van der Waals surface area contributed by atoms with Crippen LogP contribution < -0.4 is 19.8 Å². The Morgan fingerprint density at radius 1 is 1.00 bits per heavy atom. The minimum atomic E-state index is -1.70. The lowest BCUT2D eigenvalue weighted by atomic mass is 9.95. The molecule has 5 N–H and O–H groups in total. The third kappa shape index (κ3) is 6.41. The third-order valence-electron chi connectivity index (χ3n) is 7.75. The molecule has 6 atom stereocenters. The van der Waals surface area contributed by atoms with Crippen LogP contribution in [0.4, 0.5) is 0 Å². The molecule has 242 valence electrons. The van der Waals surface area contributed by atoms with Gasteiger partial charge in [-0.25, -0.2) is 9.59 Å². The maximum Gasteiger partial charge on any atom is 0.336 e. The first-order valence-electron chi connectivity index (χ1n) is 14.0. The first kappa shape index (κ1) is 32.1. The van der Waals surface area contributed by atoms with E-state index in [0.717, 1.165) is 6.08 Å². The number of aromatic hydroxyl groups is 2. The van der Waals surface area contributed by atoms with E-state index in [1.54, 1.807) is 19.9 Å². The van der Waals surface area contributed by atoms with Crippen LogP contribution in [0.5, 0.6) is 28.7 Å². The van der Waals surface area contributed by atoms with Crippen molar-refractivity contribution in [3.05, 3.63) is 58.0 Å². The molecule has 0 spiro atoms. The van der Waals surface area contributed by atoms with Gasteiger partial charge in [0, 0.05) is 29.5 Å². The molecule has 2 aliphatic rings. The van der Waals surface area contributed by atoms with Gasteiger partial charge in [0.15, 0.2) is 29.1 Å². The van der Waals surface area contributed by atoms with E-state index in [0.29, 0.717) is 16.5 Å². The molecule has 0 saturated carbocycles. The van der Waals surface area contributed by atoms with Gasteiger partial charge in [0.1, 0.15) is 42.7 Å². The van der Waals surface area contributed by atoms with Crippen LogP contribution in [-0.2, 0) is 25.4 Å². The molecule has 14 heteroatoms. The standard InChI is InChI=1S/C31H34O14/c1-31(2,20-12-16-11-15-6-8-22(33)44-28(15)27(38)29(16)43-20)45-30-26(37)25(36)24(35)19(42-30)13-41-21(32)7-5-14-9-17(39-3)23(34)18(10-14)40-4/h5-11,19-20,24-26,30,34-38H,12-13H2,1-4H3/b7-5+/t19-,20+,24-,25+,26-,30+/m1/s1. The highest BCUT2D eigenvalue weighted by molar-refractivity contribution is 5.87. The van der Waals surface area contributed by atoms with Crippen molar-refractivity contribution in [2.24, 2.45) is 0 Å². The number of carbonyl (C=O) groups is 1. The number of aliphatic hydroxyl groups is 3. The summed E-state index contributed by atoms with van der Waals surface area (Å²) in [7, 11) is 2.73. The zero-order valence-electron chi connectivity index (χ0n) is 24.8. The second-order valence-corrected chi connectivity index (χ2v) is 11.2. The van der Waals surface area contributed by atoms with Crippen molar-refractivity contribution < 1.29 is 63.2 Å². The van der Waals surface area contributed by atoms with Gasteiger partial charge in [0.25, 0.3) is 0 Å². The Hall–Kier alpha value is -4.34. The molecule has 1 fully saturated rings. The van der Waals surface area contributed by atoms with Crippen molar-refractivity contribution in [2.75, 3.05) is 20.8 Å². The summed E-state index contributed by atoms with van der Waals surface area (Å²) in [4.78, 5) is 24.1. The van der Waals surface area contributed by atoms with Gasteiger partial charge in [-0.3, -0.25) is 0 Å². The number of phenolic OH excluding ortho intramolecular Hbond substituents is 2. The van der Waals surface area contributed by atoms with E-state index >= 15 is 0 Å². The molecule has 2 aliphatic heterocycles. The molecular weight excluding hydrogens is 596 g/mol. The number of ether oxygens (including phenoxy) is 6. The number of fused-ring (bicyclic) bond motifs is 2. The predicted octanol–water partition coefficient (Wildman–Crippen LogP) is 1.38. The molecule has 1 aromatic heterocycles. The summed E-state index contributed by atoms with van der Waals surface area (Å²) in [6.45, 7) is 2.82. The van der Waals surface area contributed by atoms with Crippen LogP contribution >= 0.6 is 0 Å². The molecule has 0 amide bonds. The van der Waals surface area contributed by atoms with Gasteiger partial charge in [-0.15, -0.1) is 0 Å². The highest BCUT2D eigenvalue weighted by Crippen LogP contribution is 2.45. The van der Waals surface area contributed by atoms with Crippen LogP contribution in [0.2, 0.25) is 0 Å². The molecule has 45 heavy (non-hydrogen) atoms. The Morgan fingerprint density at radius 2 is 1.69 bits per heavy atom. The zero-order valence-corrected chi connectivity index (χ0v) is 24.8. The molecule has 0 radical (unpaired) electrons. The number of methoxy groups -OCH3 is 2. The Labute approximate surface area is 256 Å². The largest absolute Gasteiger partial charge is 0.502 e. The summed E-state index contributed by atoms with van der Waals surface area (Å²) >= 11 is 0. The number of aliphatic hydroxyl groups excluding tert-OH is 3. The number of carbonyl (C=O) groups excluding carboxylic acids is 1. The van der Waals surface area contributed by atoms with Crippen LogP contribution in [0.1, 0.15) is 25.0 Å². The molecule has 1 saturated heterocycles. The normalized spacial score (nSPS) is 24.8. The van der Waals surface area contributed by atoms with E-state index in [4.69, 9.17) is 32.8 Å². The fourth-order valence-corrected chi connectivity index (χ4v) is 5.20. The maximum atomic E-state index is 12.5. The van der Waals surface area contributed by atoms with Crippen LogP contribution in [0.3, 0.4) is 0 Å². The molecular formula is C31H34O14. The van der Waals surface area contributed by atoms with E-state index < -0.39 is 60.6 Å². The summed E-state index contributed by atoms with van der Waals surface area (Å²) in [5.41, 5.74) is -0.738. The maximum absolute atomic E-state index is 12.5. The van der Waals surface area contributed by atoms with Crippen molar-refractivity contribution in [1.82, 2.24) is 0 Å². The summed E-state index contributed by atoms with van der Waals surface area (Å²) in [6, 6.07) is 7.45. The molecule has 14 nitrogen and oxygen atoms in total. The van der Waals surface area contributed by atoms with E-state index in [-0.39, 0.29) is 40.8 Å². The van der Waals surface area contributed by atoms with Crippen molar-refractivity contribution in [3.63, 3.8) is 0 Å². The highest BCUT2D eigenvalue weighted by atomic mass is 16.7. The quantitative estimate of drug-likeness (QED) is 0.129. The lowest BCUT2D eigenvalue weighted by Gasteiger charge is -2.43. The van der Waals surface area contributed by atoms with Crippen LogP contribution in [-0.4, -0.2) is 94.7 Å². The average Bonchev–Trinajstić information content (AvgIpc) is 3.46. The number of benzene rings is 2. The van der Waals surface area contributed by atoms with Gasteiger partial charge in [0.05, 0.1) is 14.2 Å². The summed E-state index contributed by atoms with van der Waals surface area (Å²) < 4.78 is 38.3. The van der Waals surface area contributed by atoms with E-state index in [2.05, 4.69) is 0 Å². The molecule has 0 unspecified atom stereocenters. The summed E-state index contributed by atoms with van der Waals surface area (Å²) in [5, 5.41) is 53.0. The highest BCUT2D eigenvalue weighted by Gasteiger charge is 2.49. The van der Waals surface area contributed by atoms with Crippen molar-refractivity contribution in [2.45, 2.75) is 62.7 Å². The van der Waals surface area contributed by atoms with Crippen molar-refractivity contribution >= 4 is 23.0 Å². The minimum Gasteiger partial charge on any atom is -0.502 e. The monoisotopic (exact) mass is 630 g/mol. The zero-order chi connectivity index (χ0) is 32.6. The Balaban J connectivity index is 1.24. The van der Waals surface area contributed by atoms with Gasteiger partial charge in [-0.1, -0.05) is 0 Å². The fourth-order valence-electron chi connectivity index (χ4n) is 5.20. The number of rotatable bonds is 9. The lowest BCUT2D eigenvalue weighted by Crippen LogP contribution is -2.61. The molecule has 0 bridgehead atoms. The Kier molecular flexibility index (Phi) is 8.96. The SMILES string of the molecule is COc1cc(/C=C/C(=O)OC[C@H]2O[C@@H](OC(C)(C)[C@@H]3Cc4cc5ccc(=O)oc5c(O)c4O3)[C@H](O)[C@@H](O)[C@@H]2O)cc(OC)c1O. The van der Waals surface area contributed by atoms with Gasteiger partial charge in [-0.2, -0.15) is 0 Å². The van der Waals surface area contributed by atoms with E-state index in [1.807, 2.05) is 0 Å². The number of esters is 1. The van der Waals surface area contributed by atoms with Gasteiger partial charge >= 0.3 is 11.6 Å². The summed E-state index contributed by atoms with van der Waals surface area (Å²) in [6.07, 6.45) is -5.65. The van der Waals surface area contributed by atoms with Crippen LogP contribution in [0.15, 0.2) is 45.6 Å². The van der Waals surface area contributed by atoms with Gasteiger partial charge in [0.2, 0.25) is 11.5 Å². The lowest BCUT2D eigenvalue weighted by molar-refractivity contribution is -0.329. The van der Waals surface area contributed by atoms with E-state index in [9.17, 15) is 35.1 Å². The minimum absolute atomic E-state index is 0.0153. The van der Waals surface area contributed by atoms with Gasteiger partial charge < -0.3 is 58.4 Å². The first-order valence-corrected chi connectivity index (χ1v) is 14.0. The smallest absolute Gasteiger partial charge is 0.336 e. The second kappa shape index (κ2) is 12.6. The third-order valence-corrected chi connectivity index (χ3v) is 7.75. The van der Waals surface area contributed by atoms with E-state index in [1.165, 1.54) is 44.6 Å². The average molecular weight is 631 g/mol. The van der Waals surface area contributed by atoms with Crippen LogP contribution in [0, 0.1) is 0 Å². The Bertz CT molecular complexity index is 1630. The molecule has 5 rings (SSSR count). The topological polar surface area (TPSA) is 204 Å². The van der Waals surface area contributed by atoms with Gasteiger partial charge in [-0.05, 0) is 49.8 Å². The number of hydrogen-bond acceptors (Lipinski definition) is 14. The molecule has 3 heterocycles. The van der Waals surface area contributed by atoms with Crippen molar-refractivity contribution in [3.8, 4) is 28.7 Å². The number of hydrogen-bond donors (Lipinski definition) is 5. The first-order chi connectivity index (χ1) is 21.3. The Morgan fingerprint density at radius 3 is 2.36 bits per heavy atom.